The summed E-state index contributed by atoms with van der Waals surface area (Å²) in [5.41, 5.74) is 6.27. The second-order valence-electron chi connectivity index (χ2n) is 10.1. The first-order chi connectivity index (χ1) is 18.6. The summed E-state index contributed by atoms with van der Waals surface area (Å²) in [5, 5.41) is 11.9. The van der Waals surface area contributed by atoms with Gasteiger partial charge in [-0.15, -0.1) is 0 Å². The van der Waals surface area contributed by atoms with Crippen molar-refractivity contribution in [2.45, 2.75) is 69.1 Å². The molecule has 1 saturated heterocycles. The quantitative estimate of drug-likeness (QED) is 0.545. The Morgan fingerprint density at radius 1 is 1.03 bits per heavy atom. The van der Waals surface area contributed by atoms with Crippen LogP contribution in [0.5, 0.6) is 0 Å². The van der Waals surface area contributed by atoms with Crippen molar-refractivity contribution in [1.29, 1.82) is 0 Å². The minimum Gasteiger partial charge on any atom is -0.542 e. The molecule has 212 valence electrons. The normalized spacial score (nSPS) is 21.8. The molecule has 2 amide bonds. The average molecular weight is 549 g/mol. The molecule has 1 saturated carbocycles. The van der Waals surface area contributed by atoms with E-state index in [0.717, 1.165) is 49.7 Å². The van der Waals surface area contributed by atoms with Gasteiger partial charge in [-0.05, 0) is 61.6 Å². The number of hydrogen-bond donors (Lipinski definition) is 2. The molecule has 0 bridgehead atoms. The fourth-order valence-corrected chi connectivity index (χ4v) is 5.12. The van der Waals surface area contributed by atoms with E-state index in [9.17, 15) is 22.8 Å². The standard InChI is InChI=1S/C26H34N4O2.C2HF3O2/c27-22-12-10-19(11-13-22)17-29-26(32)24-9-5-15-30(24)25(31)16-23(20-6-2-1-3-7-20)21-8-4-14-28-18-21;3-2(4,5)1(6)7/h1-4,6-8,14,18-19,22-24H,5,9-13,15-17,27H2,(H,29,32);(H,6,7)/t19?,22?,23-,24-;/m0./s1. The van der Waals surface area contributed by atoms with E-state index < -0.39 is 12.1 Å². The number of halogens is 3. The fraction of sp³-hybridized carbons (Fsp3) is 0.500. The van der Waals surface area contributed by atoms with E-state index in [1.54, 1.807) is 11.1 Å². The largest absolute Gasteiger partial charge is 0.542 e. The van der Waals surface area contributed by atoms with Gasteiger partial charge in [-0.1, -0.05) is 36.4 Å². The van der Waals surface area contributed by atoms with Crippen molar-refractivity contribution in [2.75, 3.05) is 13.1 Å². The van der Waals surface area contributed by atoms with Crippen molar-refractivity contribution >= 4 is 17.8 Å². The summed E-state index contributed by atoms with van der Waals surface area (Å²) in [5.74, 6) is -2.49. The summed E-state index contributed by atoms with van der Waals surface area (Å²) >= 11 is 0. The SMILES string of the molecule is O=C([O-])C(F)(F)F.[NH3+]C1CCC(CNC(=O)[C@@H]2CCCN2C(=O)C[C@@H](c2ccccc2)c2cccnc2)CC1. The van der Waals surface area contributed by atoms with Gasteiger partial charge < -0.3 is 25.9 Å². The third-order valence-corrected chi connectivity index (χ3v) is 7.31. The molecule has 1 aromatic carbocycles. The van der Waals surface area contributed by atoms with Crippen molar-refractivity contribution in [1.82, 2.24) is 15.2 Å². The number of aliphatic carboxylic acids is 1. The Hall–Kier alpha value is -3.47. The zero-order chi connectivity index (χ0) is 28.4. The number of amides is 2. The van der Waals surface area contributed by atoms with E-state index in [1.165, 1.54) is 0 Å². The molecule has 2 fully saturated rings. The van der Waals surface area contributed by atoms with Crippen LogP contribution in [0.2, 0.25) is 0 Å². The van der Waals surface area contributed by atoms with Gasteiger partial charge in [-0.3, -0.25) is 14.6 Å². The van der Waals surface area contributed by atoms with Crippen LogP contribution in [0.15, 0.2) is 54.9 Å². The number of carbonyl (C=O) groups excluding carboxylic acids is 3. The maximum atomic E-state index is 13.4. The van der Waals surface area contributed by atoms with Crippen molar-refractivity contribution in [3.05, 3.63) is 66.0 Å². The number of aromatic nitrogens is 1. The highest BCUT2D eigenvalue weighted by Crippen LogP contribution is 2.30. The molecule has 4 rings (SSSR count). The number of carbonyl (C=O) groups is 3. The van der Waals surface area contributed by atoms with E-state index >= 15 is 0 Å². The number of likely N-dealkylation sites (tertiary alicyclic amines) is 1. The lowest BCUT2D eigenvalue weighted by Crippen LogP contribution is -2.62. The number of nitrogens with one attached hydrogen (secondary N) is 1. The Morgan fingerprint density at radius 3 is 2.26 bits per heavy atom. The van der Waals surface area contributed by atoms with Crippen LogP contribution in [0.4, 0.5) is 13.2 Å². The van der Waals surface area contributed by atoms with E-state index in [1.807, 2.05) is 36.5 Å². The second kappa shape index (κ2) is 14.1. The van der Waals surface area contributed by atoms with Gasteiger partial charge in [0.05, 0.1) is 6.04 Å². The molecule has 0 unspecified atom stereocenters. The number of carboxylic acid groups (broad SMARTS) is 1. The molecule has 8 nitrogen and oxygen atoms in total. The van der Waals surface area contributed by atoms with Crippen molar-refractivity contribution in [3.8, 4) is 0 Å². The molecule has 0 spiro atoms. The van der Waals surface area contributed by atoms with Crippen LogP contribution in [0.25, 0.3) is 0 Å². The summed E-state index contributed by atoms with van der Waals surface area (Å²) in [6.45, 7) is 1.37. The summed E-state index contributed by atoms with van der Waals surface area (Å²) in [4.78, 5) is 41.2. The molecule has 2 atom stereocenters. The van der Waals surface area contributed by atoms with Gasteiger partial charge in [0.25, 0.3) is 0 Å². The summed E-state index contributed by atoms with van der Waals surface area (Å²) in [6, 6.07) is 14.2. The van der Waals surface area contributed by atoms with E-state index in [2.05, 4.69) is 28.2 Å². The van der Waals surface area contributed by atoms with Crippen LogP contribution in [-0.2, 0) is 14.4 Å². The third-order valence-electron chi connectivity index (χ3n) is 7.31. The highest BCUT2D eigenvalue weighted by molar-refractivity contribution is 5.88. The molecule has 39 heavy (non-hydrogen) atoms. The highest BCUT2D eigenvalue weighted by atomic mass is 19.4. The summed E-state index contributed by atoms with van der Waals surface area (Å²) in [6.07, 6.45) is 4.89. The molecular formula is C28H35F3N4O4. The lowest BCUT2D eigenvalue weighted by molar-refractivity contribution is -0.426. The third kappa shape index (κ3) is 9.05. The Bertz CT molecular complexity index is 1040. The molecule has 2 heterocycles. The van der Waals surface area contributed by atoms with Crippen LogP contribution >= 0.6 is 0 Å². The zero-order valence-electron chi connectivity index (χ0n) is 21.7. The number of hydrogen-bond acceptors (Lipinski definition) is 5. The first kappa shape index (κ1) is 30.1. The molecule has 1 aliphatic carbocycles. The van der Waals surface area contributed by atoms with Crippen molar-refractivity contribution < 1.29 is 38.4 Å². The molecule has 1 aromatic heterocycles. The Kier molecular flexibility index (Phi) is 10.8. The van der Waals surface area contributed by atoms with Crippen LogP contribution in [0.1, 0.15) is 62.0 Å². The number of pyridine rings is 1. The van der Waals surface area contributed by atoms with Gasteiger partial charge in [0, 0.05) is 37.8 Å². The van der Waals surface area contributed by atoms with Crippen LogP contribution in [0.3, 0.4) is 0 Å². The Labute approximate surface area is 225 Å². The maximum Gasteiger partial charge on any atom is 0.430 e. The Morgan fingerprint density at radius 2 is 1.67 bits per heavy atom. The molecule has 1 aliphatic heterocycles. The highest BCUT2D eigenvalue weighted by Gasteiger charge is 2.35. The number of carboxylic acids is 1. The smallest absolute Gasteiger partial charge is 0.430 e. The monoisotopic (exact) mass is 548 g/mol. The van der Waals surface area contributed by atoms with E-state index in [4.69, 9.17) is 9.90 Å². The fourth-order valence-electron chi connectivity index (χ4n) is 5.12. The van der Waals surface area contributed by atoms with Crippen LogP contribution in [-0.4, -0.2) is 59.0 Å². The van der Waals surface area contributed by atoms with Crippen molar-refractivity contribution in [2.24, 2.45) is 5.92 Å². The first-order valence-corrected chi connectivity index (χ1v) is 13.2. The average Bonchev–Trinajstić information content (AvgIpc) is 3.42. The van der Waals surface area contributed by atoms with E-state index in [-0.39, 0.29) is 23.8 Å². The van der Waals surface area contributed by atoms with Gasteiger partial charge in [-0.2, -0.15) is 13.2 Å². The number of benzene rings is 1. The minimum absolute atomic E-state index is 0.00485. The topological polar surface area (TPSA) is 130 Å². The van der Waals surface area contributed by atoms with Gasteiger partial charge >= 0.3 is 6.18 Å². The van der Waals surface area contributed by atoms with Gasteiger partial charge in [-0.25, -0.2) is 0 Å². The van der Waals surface area contributed by atoms with Crippen LogP contribution in [0, 0.1) is 5.92 Å². The lowest BCUT2D eigenvalue weighted by atomic mass is 9.86. The van der Waals surface area contributed by atoms with Crippen molar-refractivity contribution in [3.63, 3.8) is 0 Å². The molecule has 0 radical (unpaired) electrons. The predicted molar refractivity (Wildman–Crippen MR) is 135 cm³/mol. The number of rotatable bonds is 7. The maximum absolute atomic E-state index is 13.4. The van der Waals surface area contributed by atoms with Gasteiger partial charge in [0.15, 0.2) is 0 Å². The Balaban J connectivity index is 0.000000532. The molecular weight excluding hydrogens is 513 g/mol. The molecule has 2 aromatic rings. The second-order valence-corrected chi connectivity index (χ2v) is 10.1. The van der Waals surface area contributed by atoms with Crippen LogP contribution < -0.4 is 16.2 Å². The van der Waals surface area contributed by atoms with E-state index in [0.29, 0.717) is 31.5 Å². The summed E-state index contributed by atoms with van der Waals surface area (Å²) < 4.78 is 31.5. The first-order valence-electron chi connectivity index (χ1n) is 13.2. The molecule has 2 aliphatic rings. The van der Waals surface area contributed by atoms with Gasteiger partial charge in [0.2, 0.25) is 11.8 Å². The predicted octanol–water partition coefficient (Wildman–Crippen LogP) is 1.81. The number of quaternary nitrogens is 1. The van der Waals surface area contributed by atoms with Gasteiger partial charge in [0.1, 0.15) is 12.0 Å². The lowest BCUT2D eigenvalue weighted by Gasteiger charge is -2.28. The zero-order valence-corrected chi connectivity index (χ0v) is 21.7. The molecule has 11 heteroatoms. The molecule has 4 N–H and O–H groups in total. The number of nitrogens with zero attached hydrogens (tertiary/aromatic N) is 2. The minimum atomic E-state index is -5.19. The number of alkyl halides is 3. The summed E-state index contributed by atoms with van der Waals surface area (Å²) in [7, 11) is 0.